The fourth-order valence-electron chi connectivity index (χ4n) is 1.69. The van der Waals surface area contributed by atoms with Gasteiger partial charge < -0.3 is 9.15 Å². The molecule has 0 aliphatic carbocycles. The number of nitrogens with zero attached hydrogens (tertiary/aromatic N) is 3. The lowest BCUT2D eigenvalue weighted by Gasteiger charge is -2.03. The number of rotatable bonds is 7. The van der Waals surface area contributed by atoms with Crippen molar-refractivity contribution in [3.63, 3.8) is 0 Å². The Balaban J connectivity index is 2.01. The molecule has 0 radical (unpaired) electrons. The van der Waals surface area contributed by atoms with E-state index in [4.69, 9.17) is 14.4 Å². The Labute approximate surface area is 135 Å². The number of benzene rings is 1. The summed E-state index contributed by atoms with van der Waals surface area (Å²) in [7, 11) is 0. The fraction of sp³-hybridized carbons (Fsp3) is 0.235. The van der Waals surface area contributed by atoms with Crippen molar-refractivity contribution < 1.29 is 9.15 Å². The Bertz CT molecular complexity index is 739. The molecule has 0 saturated heterocycles. The van der Waals surface area contributed by atoms with Gasteiger partial charge >= 0.3 is 0 Å². The largest absolute Gasteiger partial charge is 0.494 e. The SMILES string of the molecule is C=C(C)c1nc(C#N)c(N/N=C\c2ccc(OCCC)cc2)o1. The lowest BCUT2D eigenvalue weighted by atomic mass is 10.2. The summed E-state index contributed by atoms with van der Waals surface area (Å²) in [4.78, 5) is 4.01. The maximum absolute atomic E-state index is 9.02. The molecule has 1 aromatic carbocycles. The molecule has 6 nitrogen and oxygen atoms in total. The van der Waals surface area contributed by atoms with Gasteiger partial charge in [-0.05, 0) is 43.2 Å². The van der Waals surface area contributed by atoms with E-state index in [9.17, 15) is 0 Å². The van der Waals surface area contributed by atoms with E-state index in [0.29, 0.717) is 18.1 Å². The van der Waals surface area contributed by atoms with Crippen LogP contribution in [0.2, 0.25) is 0 Å². The smallest absolute Gasteiger partial charge is 0.252 e. The second-order valence-electron chi connectivity index (χ2n) is 4.88. The van der Waals surface area contributed by atoms with Gasteiger partial charge in [-0.25, -0.2) is 5.43 Å². The van der Waals surface area contributed by atoms with Crippen LogP contribution >= 0.6 is 0 Å². The molecular weight excluding hydrogens is 292 g/mol. The van der Waals surface area contributed by atoms with E-state index < -0.39 is 0 Å². The van der Waals surface area contributed by atoms with Crippen LogP contribution in [0.25, 0.3) is 5.57 Å². The first kappa shape index (κ1) is 16.3. The predicted octanol–water partition coefficient (Wildman–Crippen LogP) is 3.81. The van der Waals surface area contributed by atoms with E-state index in [1.54, 1.807) is 13.1 Å². The van der Waals surface area contributed by atoms with Crippen LogP contribution in [0.15, 0.2) is 40.4 Å². The molecule has 0 spiro atoms. The van der Waals surface area contributed by atoms with E-state index in [-0.39, 0.29) is 11.6 Å². The van der Waals surface area contributed by atoms with Crippen LogP contribution in [0.3, 0.4) is 0 Å². The first-order valence-electron chi connectivity index (χ1n) is 7.22. The maximum atomic E-state index is 9.02. The average molecular weight is 310 g/mol. The quantitative estimate of drug-likeness (QED) is 0.621. The van der Waals surface area contributed by atoms with Crippen molar-refractivity contribution in [2.24, 2.45) is 5.10 Å². The molecule has 1 N–H and O–H groups in total. The predicted molar refractivity (Wildman–Crippen MR) is 89.4 cm³/mol. The van der Waals surface area contributed by atoms with Gasteiger partial charge in [0.25, 0.3) is 5.88 Å². The topological polar surface area (TPSA) is 83.4 Å². The van der Waals surface area contributed by atoms with E-state index in [0.717, 1.165) is 17.7 Å². The van der Waals surface area contributed by atoms with Crippen molar-refractivity contribution in [1.29, 1.82) is 5.26 Å². The number of hydrogen-bond acceptors (Lipinski definition) is 6. The zero-order valence-corrected chi connectivity index (χ0v) is 13.2. The van der Waals surface area contributed by atoms with Gasteiger partial charge in [0.2, 0.25) is 11.6 Å². The molecule has 0 unspecified atom stereocenters. The highest BCUT2D eigenvalue weighted by Crippen LogP contribution is 2.20. The monoisotopic (exact) mass is 310 g/mol. The Kier molecular flexibility index (Phi) is 5.53. The van der Waals surface area contributed by atoms with Crippen molar-refractivity contribution in [1.82, 2.24) is 4.98 Å². The number of aromatic nitrogens is 1. The molecular formula is C17H18N4O2. The molecule has 23 heavy (non-hydrogen) atoms. The molecule has 1 heterocycles. The van der Waals surface area contributed by atoms with Crippen LogP contribution in [0.4, 0.5) is 5.88 Å². The third kappa shape index (κ3) is 4.45. The minimum Gasteiger partial charge on any atom is -0.494 e. The van der Waals surface area contributed by atoms with Crippen LogP contribution < -0.4 is 10.2 Å². The van der Waals surface area contributed by atoms with Crippen LogP contribution in [0.1, 0.15) is 37.4 Å². The standard InChI is InChI=1S/C17H18N4O2/c1-4-9-22-14-7-5-13(6-8-14)11-19-21-17-15(10-18)20-16(23-17)12(2)3/h5-8,11,21H,2,4,9H2,1,3H3/b19-11-. The Morgan fingerprint density at radius 2 is 2.22 bits per heavy atom. The number of nitriles is 1. The normalized spacial score (nSPS) is 10.5. The van der Waals surface area contributed by atoms with Crippen LogP contribution in [0, 0.1) is 11.3 Å². The Morgan fingerprint density at radius 3 is 2.83 bits per heavy atom. The third-order valence-electron chi connectivity index (χ3n) is 2.83. The van der Waals surface area contributed by atoms with E-state index in [1.807, 2.05) is 30.3 Å². The summed E-state index contributed by atoms with van der Waals surface area (Å²) in [6.07, 6.45) is 2.59. The molecule has 2 rings (SSSR count). The number of ether oxygens (including phenoxy) is 1. The number of allylic oxidation sites excluding steroid dienone is 1. The summed E-state index contributed by atoms with van der Waals surface area (Å²) in [6.45, 7) is 8.24. The van der Waals surface area contributed by atoms with E-state index in [2.05, 4.69) is 29.0 Å². The van der Waals surface area contributed by atoms with Crippen LogP contribution in [-0.2, 0) is 0 Å². The molecule has 6 heteroatoms. The fourth-order valence-corrected chi connectivity index (χ4v) is 1.69. The zero-order chi connectivity index (χ0) is 16.7. The Hall–Kier alpha value is -3.07. The average Bonchev–Trinajstić information content (AvgIpc) is 2.98. The van der Waals surface area contributed by atoms with Gasteiger partial charge in [-0.15, -0.1) is 0 Å². The summed E-state index contributed by atoms with van der Waals surface area (Å²) in [6, 6.07) is 9.49. The van der Waals surface area contributed by atoms with Crippen molar-refractivity contribution in [3.8, 4) is 11.8 Å². The highest BCUT2D eigenvalue weighted by atomic mass is 16.5. The number of hydrogen-bond donors (Lipinski definition) is 1. The summed E-state index contributed by atoms with van der Waals surface area (Å²) in [5, 5.41) is 13.1. The molecule has 0 bridgehead atoms. The molecule has 0 aliphatic heterocycles. The molecule has 118 valence electrons. The number of oxazole rings is 1. The van der Waals surface area contributed by atoms with Crippen molar-refractivity contribution >= 4 is 17.7 Å². The van der Waals surface area contributed by atoms with E-state index >= 15 is 0 Å². The minimum absolute atomic E-state index is 0.142. The highest BCUT2D eigenvalue weighted by Gasteiger charge is 2.12. The number of anilines is 1. The minimum atomic E-state index is 0.142. The molecule has 0 saturated carbocycles. The van der Waals surface area contributed by atoms with Gasteiger partial charge in [0.1, 0.15) is 11.8 Å². The maximum Gasteiger partial charge on any atom is 0.252 e. The van der Waals surface area contributed by atoms with Gasteiger partial charge in [-0.3, -0.25) is 0 Å². The lowest BCUT2D eigenvalue weighted by Crippen LogP contribution is -1.95. The lowest BCUT2D eigenvalue weighted by molar-refractivity contribution is 0.317. The first-order chi connectivity index (χ1) is 11.1. The van der Waals surface area contributed by atoms with Gasteiger partial charge in [-0.2, -0.15) is 15.3 Å². The van der Waals surface area contributed by atoms with Crippen molar-refractivity contribution in [2.75, 3.05) is 12.0 Å². The number of nitrogens with one attached hydrogen (secondary N) is 1. The Morgan fingerprint density at radius 1 is 1.48 bits per heavy atom. The van der Waals surface area contributed by atoms with Gasteiger partial charge in [0.05, 0.1) is 12.8 Å². The van der Waals surface area contributed by atoms with Gasteiger partial charge in [-0.1, -0.05) is 13.5 Å². The number of hydrazone groups is 1. The summed E-state index contributed by atoms with van der Waals surface area (Å²) in [5.74, 6) is 1.34. The third-order valence-corrected chi connectivity index (χ3v) is 2.83. The summed E-state index contributed by atoms with van der Waals surface area (Å²) < 4.78 is 10.9. The second kappa shape index (κ2) is 7.80. The second-order valence-corrected chi connectivity index (χ2v) is 4.88. The van der Waals surface area contributed by atoms with Gasteiger partial charge in [0.15, 0.2) is 0 Å². The molecule has 1 aromatic heterocycles. The molecule has 0 aliphatic rings. The molecule has 0 atom stereocenters. The van der Waals surface area contributed by atoms with Crippen LogP contribution in [0.5, 0.6) is 5.75 Å². The first-order valence-corrected chi connectivity index (χ1v) is 7.22. The van der Waals surface area contributed by atoms with Gasteiger partial charge in [0, 0.05) is 5.57 Å². The van der Waals surface area contributed by atoms with Crippen LogP contribution in [-0.4, -0.2) is 17.8 Å². The summed E-state index contributed by atoms with van der Waals surface area (Å²) >= 11 is 0. The summed E-state index contributed by atoms with van der Waals surface area (Å²) in [5.41, 5.74) is 4.35. The van der Waals surface area contributed by atoms with Crippen molar-refractivity contribution in [3.05, 3.63) is 48.0 Å². The van der Waals surface area contributed by atoms with E-state index in [1.165, 1.54) is 0 Å². The molecule has 0 fully saturated rings. The zero-order valence-electron chi connectivity index (χ0n) is 13.2. The highest BCUT2D eigenvalue weighted by molar-refractivity contribution is 5.80. The molecule has 0 amide bonds. The van der Waals surface area contributed by atoms with Crippen molar-refractivity contribution in [2.45, 2.75) is 20.3 Å². The molecule has 2 aromatic rings.